The van der Waals surface area contributed by atoms with Crippen LogP contribution in [0.2, 0.25) is 0 Å². The molecule has 0 radical (unpaired) electrons. The van der Waals surface area contributed by atoms with E-state index < -0.39 is 37.9 Å². The highest BCUT2D eigenvalue weighted by atomic mass is 32.2. The van der Waals surface area contributed by atoms with Gasteiger partial charge in [-0.2, -0.15) is 17.5 Å². The summed E-state index contributed by atoms with van der Waals surface area (Å²) < 4.78 is 78.9. The van der Waals surface area contributed by atoms with Crippen LogP contribution < -0.4 is 5.32 Å². The van der Waals surface area contributed by atoms with Gasteiger partial charge in [-0.3, -0.25) is 4.79 Å². The van der Waals surface area contributed by atoms with Gasteiger partial charge in [-0.15, -0.1) is 0 Å². The molecule has 3 rings (SSSR count). The van der Waals surface area contributed by atoms with Crippen LogP contribution in [0.3, 0.4) is 0 Å². The molecule has 0 bridgehead atoms. The second-order valence-electron chi connectivity index (χ2n) is 6.76. The van der Waals surface area contributed by atoms with Crippen molar-refractivity contribution in [2.45, 2.75) is 36.8 Å². The van der Waals surface area contributed by atoms with Gasteiger partial charge in [0.1, 0.15) is 5.82 Å². The number of nitrogens with zero attached hydrogens (tertiary/aromatic N) is 1. The highest BCUT2D eigenvalue weighted by Gasteiger charge is 2.46. The molecule has 1 unspecified atom stereocenters. The van der Waals surface area contributed by atoms with Crippen LogP contribution in [-0.4, -0.2) is 38.3 Å². The quantitative estimate of drug-likeness (QED) is 0.784. The van der Waals surface area contributed by atoms with Crippen LogP contribution in [0, 0.1) is 11.2 Å². The molecular formula is C16H18F4N2O3S. The Balaban J connectivity index is 1.95. The van der Waals surface area contributed by atoms with Crippen molar-refractivity contribution >= 4 is 15.9 Å². The minimum atomic E-state index is -4.86. The van der Waals surface area contributed by atoms with Gasteiger partial charge in [-0.05, 0) is 43.9 Å². The molecule has 0 saturated carbocycles. The molecule has 2 heterocycles. The maximum Gasteiger partial charge on any atom is 0.416 e. The van der Waals surface area contributed by atoms with E-state index in [1.165, 1.54) is 0 Å². The van der Waals surface area contributed by atoms with Gasteiger partial charge in [-0.1, -0.05) is 0 Å². The largest absolute Gasteiger partial charge is 0.416 e. The van der Waals surface area contributed by atoms with Gasteiger partial charge >= 0.3 is 6.18 Å². The minimum absolute atomic E-state index is 0.0786. The number of rotatable bonds is 2. The molecule has 1 N–H and O–H groups in total. The van der Waals surface area contributed by atoms with Crippen LogP contribution in [0.5, 0.6) is 0 Å². The number of sulfonamides is 1. The standard InChI is InChI=1S/C16H18F4N2O3S/c17-12-7-11(16(18,19)20)8-13(9-12)26(24,25)22-6-2-4-15(10-22)3-1-5-21-14(15)23/h7-9H,1-6,10H2,(H,21,23). The summed E-state index contributed by atoms with van der Waals surface area (Å²) in [7, 11) is -4.35. The number of piperidine rings is 2. The van der Waals surface area contributed by atoms with Gasteiger partial charge in [-0.25, -0.2) is 12.8 Å². The fourth-order valence-corrected chi connectivity index (χ4v) is 5.26. The first-order chi connectivity index (χ1) is 12.0. The number of nitrogens with one attached hydrogen (secondary N) is 1. The fraction of sp³-hybridized carbons (Fsp3) is 0.562. The molecule has 1 spiro atoms. The number of carbonyl (C=O) groups excluding carboxylic acids is 1. The lowest BCUT2D eigenvalue weighted by Crippen LogP contribution is -2.55. The summed E-state index contributed by atoms with van der Waals surface area (Å²) in [6.45, 7) is 0.487. The molecule has 1 atom stereocenters. The summed E-state index contributed by atoms with van der Waals surface area (Å²) in [4.78, 5) is 11.5. The molecule has 5 nitrogen and oxygen atoms in total. The third kappa shape index (κ3) is 3.44. The molecule has 2 fully saturated rings. The zero-order valence-electron chi connectivity index (χ0n) is 13.8. The molecule has 144 valence electrons. The topological polar surface area (TPSA) is 66.5 Å². The molecule has 1 amide bonds. The van der Waals surface area contributed by atoms with Crippen molar-refractivity contribution in [3.05, 3.63) is 29.6 Å². The molecule has 1 aromatic rings. The Morgan fingerprint density at radius 2 is 1.81 bits per heavy atom. The van der Waals surface area contributed by atoms with Crippen LogP contribution in [0.15, 0.2) is 23.1 Å². The number of hydrogen-bond acceptors (Lipinski definition) is 3. The van der Waals surface area contributed by atoms with Crippen LogP contribution in [0.25, 0.3) is 0 Å². The summed E-state index contributed by atoms with van der Waals surface area (Å²) in [5.74, 6) is -1.51. The van der Waals surface area contributed by atoms with Crippen molar-refractivity contribution in [1.82, 2.24) is 9.62 Å². The van der Waals surface area contributed by atoms with E-state index in [1.54, 1.807) is 0 Å². The van der Waals surface area contributed by atoms with E-state index in [0.717, 1.165) is 4.31 Å². The lowest BCUT2D eigenvalue weighted by Gasteiger charge is -2.43. The van der Waals surface area contributed by atoms with Crippen molar-refractivity contribution in [2.75, 3.05) is 19.6 Å². The molecular weight excluding hydrogens is 376 g/mol. The molecule has 26 heavy (non-hydrogen) atoms. The maximum atomic E-state index is 13.6. The normalized spacial score (nSPS) is 25.3. The fourth-order valence-electron chi connectivity index (χ4n) is 3.64. The Kier molecular flexibility index (Phi) is 4.76. The minimum Gasteiger partial charge on any atom is -0.356 e. The van der Waals surface area contributed by atoms with Crippen molar-refractivity contribution in [2.24, 2.45) is 5.41 Å². The number of alkyl halides is 3. The molecule has 10 heteroatoms. The monoisotopic (exact) mass is 394 g/mol. The van der Waals surface area contributed by atoms with Gasteiger partial charge in [0.2, 0.25) is 15.9 Å². The molecule has 0 aromatic heterocycles. The predicted octanol–water partition coefficient (Wildman–Crippen LogP) is 2.53. The van der Waals surface area contributed by atoms with E-state index in [0.29, 0.717) is 44.4 Å². The van der Waals surface area contributed by atoms with E-state index in [-0.39, 0.29) is 25.1 Å². The Morgan fingerprint density at radius 3 is 2.46 bits per heavy atom. The van der Waals surface area contributed by atoms with Crippen LogP contribution in [0.1, 0.15) is 31.2 Å². The van der Waals surface area contributed by atoms with Crippen molar-refractivity contribution < 1.29 is 30.8 Å². The van der Waals surface area contributed by atoms with Gasteiger partial charge in [0.15, 0.2) is 0 Å². The van der Waals surface area contributed by atoms with Crippen LogP contribution in [-0.2, 0) is 21.0 Å². The first kappa shape index (κ1) is 19.1. The van der Waals surface area contributed by atoms with Gasteiger partial charge in [0, 0.05) is 19.6 Å². The second-order valence-corrected chi connectivity index (χ2v) is 8.69. The van der Waals surface area contributed by atoms with Crippen LogP contribution >= 0.6 is 0 Å². The number of amides is 1. The Morgan fingerprint density at radius 1 is 1.12 bits per heavy atom. The predicted molar refractivity (Wildman–Crippen MR) is 84.1 cm³/mol. The van der Waals surface area contributed by atoms with Gasteiger partial charge < -0.3 is 5.32 Å². The molecule has 2 aliphatic heterocycles. The number of hydrogen-bond donors (Lipinski definition) is 1. The average molecular weight is 394 g/mol. The average Bonchev–Trinajstić information content (AvgIpc) is 2.56. The van der Waals surface area contributed by atoms with Crippen LogP contribution in [0.4, 0.5) is 17.6 Å². The summed E-state index contributed by atoms with van der Waals surface area (Å²) in [6, 6.07) is 1.26. The molecule has 2 saturated heterocycles. The lowest BCUT2D eigenvalue weighted by molar-refractivity contribution is -0.138. The summed E-state index contributed by atoms with van der Waals surface area (Å²) >= 11 is 0. The third-order valence-electron chi connectivity index (χ3n) is 4.98. The highest BCUT2D eigenvalue weighted by Crippen LogP contribution is 2.39. The molecule has 2 aliphatic rings. The van der Waals surface area contributed by atoms with Gasteiger partial charge in [0.25, 0.3) is 0 Å². The van der Waals surface area contributed by atoms with E-state index in [2.05, 4.69) is 5.32 Å². The van der Waals surface area contributed by atoms with E-state index in [9.17, 15) is 30.8 Å². The van der Waals surface area contributed by atoms with E-state index in [1.807, 2.05) is 0 Å². The second kappa shape index (κ2) is 6.49. The zero-order valence-corrected chi connectivity index (χ0v) is 14.6. The first-order valence-corrected chi connectivity index (χ1v) is 9.65. The third-order valence-corrected chi connectivity index (χ3v) is 6.80. The number of benzene rings is 1. The first-order valence-electron chi connectivity index (χ1n) is 8.21. The van der Waals surface area contributed by atoms with Crippen molar-refractivity contribution in [1.29, 1.82) is 0 Å². The van der Waals surface area contributed by atoms with E-state index >= 15 is 0 Å². The summed E-state index contributed by atoms with van der Waals surface area (Å²) in [5, 5.41) is 2.72. The Labute approximate surface area is 148 Å². The van der Waals surface area contributed by atoms with Gasteiger partial charge in [0.05, 0.1) is 15.9 Å². The maximum absolute atomic E-state index is 13.6. The Hall–Kier alpha value is -1.68. The SMILES string of the molecule is O=C1NCCCC12CCCN(S(=O)(=O)c1cc(F)cc(C(F)(F)F)c1)C2. The number of halogens is 4. The van der Waals surface area contributed by atoms with Crippen molar-refractivity contribution in [3.63, 3.8) is 0 Å². The smallest absolute Gasteiger partial charge is 0.356 e. The zero-order chi connectivity index (χ0) is 19.2. The molecule has 0 aliphatic carbocycles. The Bertz CT molecular complexity index is 821. The number of carbonyl (C=O) groups is 1. The summed E-state index contributed by atoms with van der Waals surface area (Å²) in [5.41, 5.74) is -2.23. The summed E-state index contributed by atoms with van der Waals surface area (Å²) in [6.07, 6.45) is -2.71. The highest BCUT2D eigenvalue weighted by molar-refractivity contribution is 7.89. The van der Waals surface area contributed by atoms with Crippen molar-refractivity contribution in [3.8, 4) is 0 Å². The molecule has 1 aromatic carbocycles. The van der Waals surface area contributed by atoms with E-state index in [4.69, 9.17) is 0 Å². The lowest BCUT2D eigenvalue weighted by atomic mass is 9.74.